The van der Waals surface area contributed by atoms with E-state index in [1.54, 1.807) is 12.1 Å². The Hall–Kier alpha value is -6.37. The Morgan fingerprint density at radius 2 is 1.01 bits per heavy atom. The Bertz CT molecular complexity index is 3360. The molecule has 0 radical (unpaired) electrons. The van der Waals surface area contributed by atoms with E-state index < -0.39 is 12.2 Å². The van der Waals surface area contributed by atoms with E-state index in [0.717, 1.165) is 92.5 Å². The summed E-state index contributed by atoms with van der Waals surface area (Å²) in [6.45, 7) is 5.92. The molecule has 83 heavy (non-hydrogen) atoms. The zero-order valence-corrected chi connectivity index (χ0v) is 47.5. The number of H-pyrrole nitrogens is 2. The van der Waals surface area contributed by atoms with Crippen molar-refractivity contribution in [3.63, 3.8) is 0 Å². The van der Waals surface area contributed by atoms with Crippen LogP contribution in [0.4, 0.5) is 0 Å². The molecule has 4 aliphatic heterocycles. The van der Waals surface area contributed by atoms with E-state index in [1.807, 2.05) is 67.7 Å². The number of halogens is 2. The van der Waals surface area contributed by atoms with Crippen LogP contribution < -0.4 is 14.8 Å². The lowest BCUT2D eigenvalue weighted by Gasteiger charge is -2.17. The number of aromatic amines is 2. The molecule has 19 nitrogen and oxygen atoms in total. The molecule has 4 aliphatic rings. The van der Waals surface area contributed by atoms with Gasteiger partial charge < -0.3 is 73.6 Å². The van der Waals surface area contributed by atoms with Crippen LogP contribution in [0.2, 0.25) is 10.0 Å². The minimum Gasteiger partial charge on any atom is -0.456 e. The number of nitrogens with zero attached hydrogens (tertiary/aromatic N) is 3. The number of benzene rings is 6. The van der Waals surface area contributed by atoms with Gasteiger partial charge in [0.05, 0.1) is 98.2 Å². The maximum Gasteiger partial charge on any atom is 0.295 e. The third kappa shape index (κ3) is 14.8. The number of aromatic nitrogens is 4. The number of ether oxygens (including phenoxy) is 8. The monoisotopic (exact) mass is 1170 g/mol. The fourth-order valence-corrected chi connectivity index (χ4v) is 10.9. The summed E-state index contributed by atoms with van der Waals surface area (Å²) in [5.41, 5.74) is 12.9. The molecular weight excluding hydrogens is 1110 g/mol. The summed E-state index contributed by atoms with van der Waals surface area (Å²) in [6, 6.07) is 40.8. The SMILES string of the molecule is CN(CCOCCO)Cc1ccc(-c2ccc(-c3cc4nc(O[C@@H]5CO[C@H]6[C@@H]5OC[C@H]6O)[nH]c4cc3Cl)cc2)cc1.CNCCOCCO.O=Cc1ccc(-c2ccc(-c3cc4nc(O[C@@H]5CO[C@H]6[C@@H]5OC[C@H]6O)[nH]c4cc3Cl)cc2)cc1. The van der Waals surface area contributed by atoms with Gasteiger partial charge in [0.2, 0.25) is 0 Å². The van der Waals surface area contributed by atoms with E-state index in [9.17, 15) is 15.0 Å². The largest absolute Gasteiger partial charge is 0.456 e. The molecule has 12 rings (SSSR count). The highest BCUT2D eigenvalue weighted by atomic mass is 35.5. The molecule has 7 N–H and O–H groups in total. The van der Waals surface area contributed by atoms with Gasteiger partial charge in [0.1, 0.15) is 42.9 Å². The van der Waals surface area contributed by atoms with Crippen molar-refractivity contribution in [1.82, 2.24) is 30.2 Å². The van der Waals surface area contributed by atoms with Crippen LogP contribution >= 0.6 is 23.2 Å². The van der Waals surface area contributed by atoms with E-state index in [1.165, 1.54) is 5.56 Å². The Kier molecular flexibility index (Phi) is 20.5. The molecule has 0 amide bonds. The topological polar surface area (TPSA) is 244 Å². The molecule has 2 aromatic heterocycles. The first-order chi connectivity index (χ1) is 40.5. The van der Waals surface area contributed by atoms with Crippen molar-refractivity contribution >= 4 is 51.6 Å². The predicted octanol–water partition coefficient (Wildman–Crippen LogP) is 7.38. The number of hydrogen-bond acceptors (Lipinski definition) is 17. The number of aldehydes is 1. The fraction of sp³-hybridized carbons (Fsp3) is 0.371. The lowest BCUT2D eigenvalue weighted by Crippen LogP contribution is -2.34. The number of rotatable bonds is 21. The lowest BCUT2D eigenvalue weighted by atomic mass is 9.99. The van der Waals surface area contributed by atoms with Gasteiger partial charge >= 0.3 is 0 Å². The summed E-state index contributed by atoms with van der Waals surface area (Å²) in [4.78, 5) is 28.6. The number of likely N-dealkylation sites (N-methyl/N-ethyl adjacent to an activating group) is 2. The average molecular weight is 1180 g/mol. The van der Waals surface area contributed by atoms with Gasteiger partial charge in [-0.05, 0) is 77.3 Å². The summed E-state index contributed by atoms with van der Waals surface area (Å²) < 4.78 is 44.8. The zero-order chi connectivity index (χ0) is 57.8. The summed E-state index contributed by atoms with van der Waals surface area (Å²) in [5, 5.41) is 41.0. The van der Waals surface area contributed by atoms with Crippen LogP contribution in [0, 0.1) is 0 Å². The third-order valence-corrected chi connectivity index (χ3v) is 15.3. The molecule has 4 saturated heterocycles. The molecule has 8 atom stereocenters. The number of carbonyl (C=O) groups excluding carboxylic acids is 1. The van der Waals surface area contributed by atoms with Crippen LogP contribution in [-0.4, -0.2) is 194 Å². The highest BCUT2D eigenvalue weighted by molar-refractivity contribution is 6.34. The maximum absolute atomic E-state index is 10.9. The molecule has 0 saturated carbocycles. The van der Waals surface area contributed by atoms with Crippen LogP contribution in [0.5, 0.6) is 12.0 Å². The zero-order valence-electron chi connectivity index (χ0n) is 46.0. The normalized spacial score (nSPS) is 21.6. The van der Waals surface area contributed by atoms with Crippen molar-refractivity contribution in [3.8, 4) is 56.5 Å². The van der Waals surface area contributed by atoms with Crippen molar-refractivity contribution in [2.75, 3.05) is 93.3 Å². The van der Waals surface area contributed by atoms with Gasteiger partial charge in [0.25, 0.3) is 12.0 Å². The van der Waals surface area contributed by atoms with Crippen LogP contribution in [-0.2, 0) is 35.0 Å². The molecule has 0 unspecified atom stereocenters. The van der Waals surface area contributed by atoms with E-state index in [-0.39, 0.29) is 63.1 Å². The van der Waals surface area contributed by atoms with E-state index in [2.05, 4.69) is 85.7 Å². The lowest BCUT2D eigenvalue weighted by molar-refractivity contribution is 0.00704. The number of fused-ring (bicyclic) bond motifs is 4. The predicted molar refractivity (Wildman–Crippen MR) is 315 cm³/mol. The van der Waals surface area contributed by atoms with E-state index in [4.69, 9.17) is 71.3 Å². The fourth-order valence-electron chi connectivity index (χ4n) is 10.3. The molecule has 6 aromatic carbocycles. The highest BCUT2D eigenvalue weighted by Crippen LogP contribution is 2.37. The molecule has 8 aromatic rings. The molecule has 21 heteroatoms. The van der Waals surface area contributed by atoms with Gasteiger partial charge in [-0.2, -0.15) is 9.97 Å². The molecule has 0 aliphatic carbocycles. The van der Waals surface area contributed by atoms with Gasteiger partial charge in [-0.1, -0.05) is 120 Å². The van der Waals surface area contributed by atoms with Gasteiger partial charge in [-0.15, -0.1) is 0 Å². The first-order valence-electron chi connectivity index (χ1n) is 27.6. The van der Waals surface area contributed by atoms with Crippen LogP contribution in [0.25, 0.3) is 66.6 Å². The number of carbonyl (C=O) groups is 1. The summed E-state index contributed by atoms with van der Waals surface area (Å²) in [7, 11) is 3.92. The van der Waals surface area contributed by atoms with Crippen molar-refractivity contribution < 1.29 is 63.1 Å². The molecule has 0 spiro atoms. The molecule has 0 bridgehead atoms. The van der Waals surface area contributed by atoms with Crippen molar-refractivity contribution in [1.29, 1.82) is 0 Å². The van der Waals surface area contributed by atoms with Gasteiger partial charge in [-0.3, -0.25) is 9.69 Å². The van der Waals surface area contributed by atoms with E-state index in [0.29, 0.717) is 67.3 Å². The standard InChI is InChI=1S/C31H34ClN3O6.C26H21ClN2O5.C5H13NO2/c1-35(10-12-38-13-11-36)16-19-2-4-20(5-3-19)21-6-8-22(9-7-21)23-14-25-26(15-24(23)32)34-31(33-25)41-28-18-40-29-27(37)17-39-30(28)29;27-19-10-21-20(28-26(29-21)34-23-13-33-24-22(31)12-32-25(23)24)9-18(19)17-7-5-16(6-8-17)15-3-1-14(11-30)2-4-15;1-6-2-4-8-5-3-7/h2-9,14-15,27-30,36-37H,10-13,16-18H2,1H3,(H,33,34);1-11,22-25,31H,12-13H2,(H,28,29);6-7H,2-5H2,1H3/t27-,28-,29-,30-;22-,23-,24-,25-;/m11./s1. The van der Waals surface area contributed by atoms with Crippen LogP contribution in [0.15, 0.2) is 121 Å². The van der Waals surface area contributed by atoms with Gasteiger partial charge in [0.15, 0.2) is 12.2 Å². The molecule has 6 heterocycles. The second-order valence-corrected chi connectivity index (χ2v) is 21.3. The second-order valence-electron chi connectivity index (χ2n) is 20.5. The van der Waals surface area contributed by atoms with E-state index >= 15 is 0 Å². The molecule has 438 valence electrons. The Morgan fingerprint density at radius 3 is 1.46 bits per heavy atom. The van der Waals surface area contributed by atoms with Crippen molar-refractivity contribution in [2.45, 2.75) is 55.4 Å². The number of aliphatic hydroxyl groups excluding tert-OH is 4. The quantitative estimate of drug-likeness (QED) is 0.0274. The van der Waals surface area contributed by atoms with Crippen LogP contribution in [0.1, 0.15) is 15.9 Å². The molecular formula is C62H68Cl2N6O13. The first-order valence-corrected chi connectivity index (χ1v) is 28.3. The first kappa shape index (κ1) is 59.8. The van der Waals surface area contributed by atoms with Crippen molar-refractivity contribution in [2.24, 2.45) is 0 Å². The van der Waals surface area contributed by atoms with Crippen molar-refractivity contribution in [3.05, 3.63) is 142 Å². The smallest absolute Gasteiger partial charge is 0.295 e. The minimum absolute atomic E-state index is 0.0519. The number of aliphatic hydroxyl groups is 4. The Labute approximate surface area is 490 Å². The molecule has 4 fully saturated rings. The van der Waals surface area contributed by atoms with Crippen LogP contribution in [0.3, 0.4) is 0 Å². The minimum atomic E-state index is -0.627. The second kappa shape index (κ2) is 28.5. The summed E-state index contributed by atoms with van der Waals surface area (Å²) in [5.74, 6) is 0. The summed E-state index contributed by atoms with van der Waals surface area (Å²) >= 11 is 13.3. The van der Waals surface area contributed by atoms with Gasteiger partial charge in [-0.25, -0.2) is 0 Å². The Balaban J connectivity index is 0.000000166. The number of nitrogens with one attached hydrogen (secondary N) is 3. The summed E-state index contributed by atoms with van der Waals surface area (Å²) in [6.07, 6.45) is -2.44. The van der Waals surface area contributed by atoms with Gasteiger partial charge in [0, 0.05) is 36.3 Å². The number of hydrogen-bond donors (Lipinski definition) is 7. The number of imidazole rings is 2. The Morgan fingerprint density at radius 1 is 0.590 bits per heavy atom. The average Bonchev–Trinajstić information content (AvgIpc) is 4.45. The highest BCUT2D eigenvalue weighted by Gasteiger charge is 2.50. The third-order valence-electron chi connectivity index (χ3n) is 14.7. The maximum atomic E-state index is 10.9.